The molecule has 0 saturated carbocycles. The lowest BCUT2D eigenvalue weighted by Gasteiger charge is -2.27. The molecule has 10 heteroatoms. The molecule has 0 amide bonds. The number of aromatic amines is 1. The molecule has 2 aromatic carbocycles. The number of H-pyrrole nitrogens is 1. The van der Waals surface area contributed by atoms with Crippen molar-refractivity contribution in [2.75, 3.05) is 11.9 Å². The van der Waals surface area contributed by atoms with Crippen LogP contribution in [0, 0.1) is 0 Å². The molecular weight excluding hydrogens is 450 g/mol. The summed E-state index contributed by atoms with van der Waals surface area (Å²) in [6.45, 7) is 2.52. The van der Waals surface area contributed by atoms with Crippen LogP contribution in [0.4, 0.5) is 11.6 Å². The van der Waals surface area contributed by atoms with Crippen LogP contribution in [0.15, 0.2) is 57.8 Å². The molecule has 1 atom stereocenters. The topological polar surface area (TPSA) is 111 Å². The second-order valence-electron chi connectivity index (χ2n) is 6.67. The Kier molecular flexibility index (Phi) is 4.55. The Morgan fingerprint density at radius 3 is 2.63 bits per heavy atom. The molecule has 150 valence electrons. The van der Waals surface area contributed by atoms with Crippen molar-refractivity contribution >= 4 is 27.6 Å². The van der Waals surface area contributed by atoms with Crippen LogP contribution in [-0.4, -0.2) is 37.0 Å². The minimum Gasteiger partial charge on any atom is -0.494 e. The molecule has 0 fully saturated rings. The number of tetrazole rings is 1. The van der Waals surface area contributed by atoms with Gasteiger partial charge in [0.05, 0.1) is 12.3 Å². The number of aromatic nitrogens is 6. The molecule has 0 aliphatic carbocycles. The number of nitrogens with one attached hydrogen (secondary N) is 2. The molecule has 1 aliphatic rings. The molecule has 0 bridgehead atoms. The van der Waals surface area contributed by atoms with Gasteiger partial charge in [0.15, 0.2) is 0 Å². The highest BCUT2D eigenvalue weighted by molar-refractivity contribution is 9.10. The van der Waals surface area contributed by atoms with Crippen molar-refractivity contribution in [3.05, 3.63) is 74.5 Å². The number of hydrogen-bond donors (Lipinski definition) is 2. The number of ether oxygens (including phenoxy) is 1. The van der Waals surface area contributed by atoms with Crippen LogP contribution in [0.5, 0.6) is 5.75 Å². The van der Waals surface area contributed by atoms with Gasteiger partial charge in [-0.1, -0.05) is 33.2 Å². The summed E-state index contributed by atoms with van der Waals surface area (Å²) < 4.78 is 8.15. The van der Waals surface area contributed by atoms with Crippen molar-refractivity contribution in [1.29, 1.82) is 0 Å². The summed E-state index contributed by atoms with van der Waals surface area (Å²) in [7, 11) is 0. The number of benzene rings is 2. The first kappa shape index (κ1) is 18.5. The fourth-order valence-electron chi connectivity index (χ4n) is 3.59. The molecule has 2 N–H and O–H groups in total. The maximum atomic E-state index is 12.7. The highest BCUT2D eigenvalue weighted by Crippen LogP contribution is 2.41. The Morgan fingerprint density at radius 2 is 1.90 bits per heavy atom. The standard InChI is InChI=1S/C20H16BrN7O2/c1-2-30-14-9-5-11(6-10-14)16-15-17(19(29)24-23-16)22-20-25-26-27-28(20)18(15)12-3-7-13(21)8-4-12/h3-10,18H,2H2,1H3,(H,24,29)(H,22,25,27)/t18-/m0/s1. The van der Waals surface area contributed by atoms with E-state index in [1.54, 1.807) is 4.68 Å². The molecule has 2 aromatic heterocycles. The number of anilines is 2. The van der Waals surface area contributed by atoms with Gasteiger partial charge < -0.3 is 10.1 Å². The van der Waals surface area contributed by atoms with Gasteiger partial charge in [0.1, 0.15) is 17.5 Å². The Hall–Kier alpha value is -3.53. The van der Waals surface area contributed by atoms with Gasteiger partial charge in [-0.05, 0) is 59.3 Å². The minimum atomic E-state index is -0.421. The first-order valence-electron chi connectivity index (χ1n) is 9.32. The zero-order valence-corrected chi connectivity index (χ0v) is 17.4. The van der Waals surface area contributed by atoms with Crippen molar-refractivity contribution in [1.82, 2.24) is 30.4 Å². The van der Waals surface area contributed by atoms with E-state index >= 15 is 0 Å². The quantitative estimate of drug-likeness (QED) is 0.418. The molecule has 5 rings (SSSR count). The van der Waals surface area contributed by atoms with Crippen LogP contribution < -0.4 is 15.6 Å². The molecule has 3 heterocycles. The second kappa shape index (κ2) is 7.38. The fraction of sp³-hybridized carbons (Fsp3) is 0.150. The van der Waals surface area contributed by atoms with Crippen LogP contribution in [0.3, 0.4) is 0 Å². The van der Waals surface area contributed by atoms with E-state index in [1.807, 2.05) is 55.5 Å². The van der Waals surface area contributed by atoms with E-state index in [0.717, 1.165) is 21.3 Å². The van der Waals surface area contributed by atoms with Gasteiger partial charge in [-0.25, -0.2) is 5.10 Å². The largest absolute Gasteiger partial charge is 0.494 e. The first-order valence-corrected chi connectivity index (χ1v) is 10.1. The second-order valence-corrected chi connectivity index (χ2v) is 7.59. The summed E-state index contributed by atoms with van der Waals surface area (Å²) in [4.78, 5) is 12.7. The van der Waals surface area contributed by atoms with Crippen molar-refractivity contribution < 1.29 is 4.74 Å². The Morgan fingerprint density at radius 1 is 1.13 bits per heavy atom. The van der Waals surface area contributed by atoms with Crippen LogP contribution >= 0.6 is 15.9 Å². The number of nitrogens with zero attached hydrogens (tertiary/aromatic N) is 5. The maximum Gasteiger partial charge on any atom is 0.288 e. The summed E-state index contributed by atoms with van der Waals surface area (Å²) in [5.41, 5.74) is 3.14. The molecule has 0 spiro atoms. The van der Waals surface area contributed by atoms with Gasteiger partial charge in [-0.2, -0.15) is 9.78 Å². The van der Waals surface area contributed by atoms with Crippen molar-refractivity contribution in [2.45, 2.75) is 13.0 Å². The summed E-state index contributed by atoms with van der Waals surface area (Å²) in [5, 5.41) is 22.0. The van der Waals surface area contributed by atoms with Crippen LogP contribution in [0.2, 0.25) is 0 Å². The van der Waals surface area contributed by atoms with Crippen molar-refractivity contribution in [3.8, 4) is 17.0 Å². The van der Waals surface area contributed by atoms with E-state index in [-0.39, 0.29) is 5.56 Å². The van der Waals surface area contributed by atoms with Gasteiger partial charge in [-0.15, -0.1) is 0 Å². The molecule has 4 aromatic rings. The Labute approximate surface area is 179 Å². The Bertz CT molecular complexity index is 1270. The van der Waals surface area contributed by atoms with Gasteiger partial charge in [0.25, 0.3) is 5.56 Å². The number of fused-ring (bicyclic) bond motifs is 2. The van der Waals surface area contributed by atoms with Gasteiger partial charge >= 0.3 is 0 Å². The first-order chi connectivity index (χ1) is 14.7. The third-order valence-electron chi connectivity index (χ3n) is 4.89. The predicted octanol–water partition coefficient (Wildman–Crippen LogP) is 3.28. The van der Waals surface area contributed by atoms with Gasteiger partial charge in [-0.3, -0.25) is 4.79 Å². The summed E-state index contributed by atoms with van der Waals surface area (Å²) >= 11 is 3.47. The van der Waals surface area contributed by atoms with E-state index in [1.165, 1.54) is 0 Å². The lowest BCUT2D eigenvalue weighted by Crippen LogP contribution is -2.29. The summed E-state index contributed by atoms with van der Waals surface area (Å²) in [6, 6.07) is 15.0. The molecule has 0 radical (unpaired) electrons. The highest BCUT2D eigenvalue weighted by Gasteiger charge is 2.34. The number of halogens is 1. The predicted molar refractivity (Wildman–Crippen MR) is 114 cm³/mol. The SMILES string of the molecule is CCOc1ccc(-c2n[nH]c(=O)c3c2[C@H](c2ccc(Br)cc2)n2nnnc2N3)cc1. The van der Waals surface area contributed by atoms with Crippen molar-refractivity contribution in [3.63, 3.8) is 0 Å². The summed E-state index contributed by atoms with van der Waals surface area (Å²) in [5.74, 6) is 1.16. The van der Waals surface area contributed by atoms with Gasteiger partial charge in [0.2, 0.25) is 5.95 Å². The molecule has 30 heavy (non-hydrogen) atoms. The monoisotopic (exact) mass is 465 g/mol. The molecule has 0 saturated heterocycles. The third-order valence-corrected chi connectivity index (χ3v) is 5.42. The molecular formula is C20H16BrN7O2. The summed E-state index contributed by atoms with van der Waals surface area (Å²) in [6.07, 6.45) is 0. The zero-order valence-electron chi connectivity index (χ0n) is 15.8. The van der Waals surface area contributed by atoms with E-state index in [0.29, 0.717) is 29.5 Å². The average Bonchev–Trinajstić information content (AvgIpc) is 3.23. The molecule has 0 unspecified atom stereocenters. The van der Waals surface area contributed by atoms with E-state index in [2.05, 4.69) is 47.0 Å². The smallest absolute Gasteiger partial charge is 0.288 e. The van der Waals surface area contributed by atoms with Crippen LogP contribution in [0.1, 0.15) is 24.1 Å². The van der Waals surface area contributed by atoms with Crippen LogP contribution in [0.25, 0.3) is 11.3 Å². The molecule has 1 aliphatic heterocycles. The lowest BCUT2D eigenvalue weighted by molar-refractivity contribution is 0.340. The minimum absolute atomic E-state index is 0.337. The normalized spacial score (nSPS) is 14.5. The number of hydrogen-bond acceptors (Lipinski definition) is 7. The Balaban J connectivity index is 1.73. The van der Waals surface area contributed by atoms with Crippen molar-refractivity contribution in [2.24, 2.45) is 0 Å². The number of rotatable bonds is 4. The highest BCUT2D eigenvalue weighted by atomic mass is 79.9. The maximum absolute atomic E-state index is 12.7. The average molecular weight is 466 g/mol. The fourth-order valence-corrected chi connectivity index (χ4v) is 3.85. The van der Waals surface area contributed by atoms with E-state index < -0.39 is 6.04 Å². The zero-order chi connectivity index (χ0) is 20.7. The lowest BCUT2D eigenvalue weighted by atomic mass is 9.92. The van der Waals surface area contributed by atoms with E-state index in [9.17, 15) is 4.79 Å². The van der Waals surface area contributed by atoms with E-state index in [4.69, 9.17) is 4.74 Å². The van der Waals surface area contributed by atoms with Crippen LogP contribution in [-0.2, 0) is 0 Å². The third kappa shape index (κ3) is 3.05. The molecule has 9 nitrogen and oxygen atoms in total. The van der Waals surface area contributed by atoms with Gasteiger partial charge in [0, 0.05) is 15.6 Å².